The van der Waals surface area contributed by atoms with Gasteiger partial charge in [0.25, 0.3) is 5.91 Å². The van der Waals surface area contributed by atoms with Crippen LogP contribution in [0.5, 0.6) is 0 Å². The van der Waals surface area contributed by atoms with Crippen molar-refractivity contribution in [3.63, 3.8) is 0 Å². The van der Waals surface area contributed by atoms with Crippen molar-refractivity contribution in [2.75, 3.05) is 19.4 Å². The van der Waals surface area contributed by atoms with Gasteiger partial charge in [0.2, 0.25) is 0 Å². The fourth-order valence-electron chi connectivity index (χ4n) is 1.66. The summed E-state index contributed by atoms with van der Waals surface area (Å²) in [7, 11) is -2.97. The molecule has 1 amide bonds. The van der Waals surface area contributed by atoms with Gasteiger partial charge in [-0.15, -0.1) is 5.10 Å². The molecule has 0 fully saturated rings. The maximum atomic E-state index is 12.2. The highest BCUT2D eigenvalue weighted by Gasteiger charge is 2.22. The number of unbranched alkanes of at least 4 members (excludes halogenated alkanes) is 1. The van der Waals surface area contributed by atoms with Gasteiger partial charge in [-0.05, 0) is 26.7 Å². The second-order valence-corrected chi connectivity index (χ2v) is 6.29. The summed E-state index contributed by atoms with van der Waals surface area (Å²) in [5.41, 5.74) is 5.22. The molecule has 0 saturated carbocycles. The van der Waals surface area contributed by atoms with Crippen LogP contribution < -0.4 is 5.73 Å². The number of amides is 1. The van der Waals surface area contributed by atoms with Crippen molar-refractivity contribution in [2.24, 2.45) is 5.73 Å². The lowest BCUT2D eigenvalue weighted by molar-refractivity contribution is 0.0995. The highest BCUT2D eigenvalue weighted by molar-refractivity contribution is 7.53. The van der Waals surface area contributed by atoms with Gasteiger partial charge in [0.15, 0.2) is 5.69 Å². The quantitative estimate of drug-likeness (QED) is 0.517. The molecule has 1 aromatic heterocycles. The molecule has 0 aliphatic heterocycles. The van der Waals surface area contributed by atoms with E-state index in [2.05, 4.69) is 10.3 Å². The molecule has 1 aromatic rings. The summed E-state index contributed by atoms with van der Waals surface area (Å²) < 4.78 is 24.1. The van der Waals surface area contributed by atoms with E-state index >= 15 is 0 Å². The molecule has 0 saturated heterocycles. The van der Waals surface area contributed by atoms with E-state index in [1.807, 2.05) is 0 Å². The lowest BCUT2D eigenvalue weighted by Gasteiger charge is -2.16. The van der Waals surface area contributed by atoms with Crippen LogP contribution in [0.3, 0.4) is 0 Å². The van der Waals surface area contributed by atoms with Crippen molar-refractivity contribution in [3.8, 4) is 0 Å². The molecule has 1 rings (SSSR count). The Morgan fingerprint density at radius 1 is 1.35 bits per heavy atom. The molecular formula is C11H21N4O4P. The summed E-state index contributed by atoms with van der Waals surface area (Å²) in [4.78, 5) is 10.9. The summed E-state index contributed by atoms with van der Waals surface area (Å²) in [5.74, 6) is -0.603. The molecular weight excluding hydrogens is 283 g/mol. The van der Waals surface area contributed by atoms with Gasteiger partial charge in [-0.3, -0.25) is 14.0 Å². The lowest BCUT2D eigenvalue weighted by atomic mass is 10.3. The maximum Gasteiger partial charge on any atom is 0.330 e. The third kappa shape index (κ3) is 5.40. The summed E-state index contributed by atoms with van der Waals surface area (Å²) in [6, 6.07) is 0. The molecule has 0 bridgehead atoms. The predicted octanol–water partition coefficient (Wildman–Crippen LogP) is 1.42. The molecule has 2 N–H and O–H groups in total. The fraction of sp³-hybridized carbons (Fsp3) is 0.727. The van der Waals surface area contributed by atoms with Crippen molar-refractivity contribution in [1.29, 1.82) is 0 Å². The molecule has 0 unspecified atom stereocenters. The van der Waals surface area contributed by atoms with Crippen LogP contribution >= 0.6 is 7.60 Å². The first-order chi connectivity index (χ1) is 9.50. The molecule has 1 heterocycles. The van der Waals surface area contributed by atoms with Gasteiger partial charge in [-0.1, -0.05) is 5.21 Å². The van der Waals surface area contributed by atoms with Gasteiger partial charge in [-0.25, -0.2) is 0 Å². The SMILES string of the molecule is CCOP(=O)(CCCCn1cc(C(N)=O)nn1)OCC. The standard InChI is InChI=1S/C11H21N4O4P/c1-3-18-20(17,19-4-2)8-6-5-7-15-9-10(11(12)16)13-14-15/h9H,3-8H2,1-2H3,(H2,12,16). The number of carbonyl (C=O) groups is 1. The highest BCUT2D eigenvalue weighted by atomic mass is 31.2. The third-order valence-electron chi connectivity index (χ3n) is 2.51. The Balaban J connectivity index is 2.36. The number of nitrogens with zero attached hydrogens (tertiary/aromatic N) is 3. The summed E-state index contributed by atoms with van der Waals surface area (Å²) in [5, 5.41) is 7.41. The summed E-state index contributed by atoms with van der Waals surface area (Å²) in [6.45, 7) is 4.86. The second-order valence-electron chi connectivity index (χ2n) is 4.11. The minimum Gasteiger partial charge on any atom is -0.364 e. The number of rotatable bonds is 10. The Hall–Kier alpha value is -1.24. The van der Waals surface area contributed by atoms with Crippen molar-refractivity contribution >= 4 is 13.5 Å². The number of hydrogen-bond donors (Lipinski definition) is 1. The zero-order valence-electron chi connectivity index (χ0n) is 11.8. The minimum atomic E-state index is -2.97. The molecule has 114 valence electrons. The monoisotopic (exact) mass is 304 g/mol. The molecule has 0 radical (unpaired) electrons. The number of aromatic nitrogens is 3. The number of hydrogen-bond acceptors (Lipinski definition) is 6. The molecule has 0 spiro atoms. The van der Waals surface area contributed by atoms with Gasteiger partial charge < -0.3 is 14.8 Å². The first-order valence-electron chi connectivity index (χ1n) is 6.59. The average molecular weight is 304 g/mol. The van der Waals surface area contributed by atoms with Crippen molar-refractivity contribution in [3.05, 3.63) is 11.9 Å². The van der Waals surface area contributed by atoms with Gasteiger partial charge in [0.05, 0.1) is 25.6 Å². The molecule has 0 aromatic carbocycles. The topological polar surface area (TPSA) is 109 Å². The van der Waals surface area contributed by atoms with Crippen LogP contribution in [-0.4, -0.2) is 40.3 Å². The second kappa shape index (κ2) is 8.14. The van der Waals surface area contributed by atoms with E-state index in [1.54, 1.807) is 13.8 Å². The number of aryl methyl sites for hydroxylation is 1. The Labute approximate surface area is 118 Å². The Bertz CT molecular complexity index is 467. The minimum absolute atomic E-state index is 0.138. The lowest BCUT2D eigenvalue weighted by Crippen LogP contribution is -2.11. The Kier molecular flexibility index (Phi) is 6.84. The van der Waals surface area contributed by atoms with Crippen LogP contribution in [0.2, 0.25) is 0 Å². The van der Waals surface area contributed by atoms with Crippen LogP contribution in [0.25, 0.3) is 0 Å². The predicted molar refractivity (Wildman–Crippen MR) is 73.5 cm³/mol. The van der Waals surface area contributed by atoms with E-state index in [1.165, 1.54) is 10.9 Å². The number of primary amides is 1. The van der Waals surface area contributed by atoms with E-state index in [4.69, 9.17) is 14.8 Å². The molecule has 0 atom stereocenters. The van der Waals surface area contributed by atoms with E-state index in [9.17, 15) is 9.36 Å². The van der Waals surface area contributed by atoms with Crippen molar-refractivity contribution in [2.45, 2.75) is 33.2 Å². The Morgan fingerprint density at radius 2 is 2.00 bits per heavy atom. The van der Waals surface area contributed by atoms with Gasteiger partial charge in [0, 0.05) is 6.54 Å². The molecule has 20 heavy (non-hydrogen) atoms. The largest absolute Gasteiger partial charge is 0.364 e. The first kappa shape index (κ1) is 16.8. The fourth-order valence-corrected chi connectivity index (χ4v) is 3.39. The van der Waals surface area contributed by atoms with Crippen LogP contribution in [-0.2, 0) is 20.2 Å². The van der Waals surface area contributed by atoms with E-state index in [0.717, 1.165) is 6.42 Å². The highest BCUT2D eigenvalue weighted by Crippen LogP contribution is 2.48. The molecule has 0 aliphatic rings. The van der Waals surface area contributed by atoms with Gasteiger partial charge in [-0.2, -0.15) is 0 Å². The van der Waals surface area contributed by atoms with Crippen molar-refractivity contribution < 1.29 is 18.4 Å². The first-order valence-corrected chi connectivity index (χ1v) is 8.31. The normalized spacial score (nSPS) is 11.7. The zero-order chi connectivity index (χ0) is 15.0. The van der Waals surface area contributed by atoms with Crippen LogP contribution in [0.4, 0.5) is 0 Å². The average Bonchev–Trinajstić information content (AvgIpc) is 2.84. The molecule has 8 nitrogen and oxygen atoms in total. The third-order valence-corrected chi connectivity index (χ3v) is 4.68. The van der Waals surface area contributed by atoms with Crippen LogP contribution in [0.1, 0.15) is 37.2 Å². The van der Waals surface area contributed by atoms with Crippen LogP contribution in [0.15, 0.2) is 6.20 Å². The number of carbonyl (C=O) groups excluding carboxylic acids is 1. The molecule has 0 aliphatic carbocycles. The van der Waals surface area contributed by atoms with E-state index < -0.39 is 13.5 Å². The van der Waals surface area contributed by atoms with E-state index in [0.29, 0.717) is 32.3 Å². The summed E-state index contributed by atoms with van der Waals surface area (Å²) >= 11 is 0. The van der Waals surface area contributed by atoms with E-state index in [-0.39, 0.29) is 5.69 Å². The number of nitrogens with two attached hydrogens (primary N) is 1. The zero-order valence-corrected chi connectivity index (χ0v) is 12.7. The molecule has 9 heteroatoms. The van der Waals surface area contributed by atoms with Crippen molar-refractivity contribution in [1.82, 2.24) is 15.0 Å². The maximum absolute atomic E-state index is 12.2. The van der Waals surface area contributed by atoms with Crippen LogP contribution in [0, 0.1) is 0 Å². The van der Waals surface area contributed by atoms with Gasteiger partial charge in [0.1, 0.15) is 0 Å². The van der Waals surface area contributed by atoms with Gasteiger partial charge >= 0.3 is 7.60 Å². The Morgan fingerprint density at radius 3 is 2.50 bits per heavy atom. The summed E-state index contributed by atoms with van der Waals surface area (Å²) in [6.07, 6.45) is 3.26. The smallest absolute Gasteiger partial charge is 0.330 e.